The van der Waals surface area contributed by atoms with Gasteiger partial charge in [-0.3, -0.25) is 9.59 Å². The minimum absolute atomic E-state index is 0.0276. The average molecular weight is 424 g/mol. The molecular weight excluding hydrogens is 398 g/mol. The second-order valence-corrected chi connectivity index (χ2v) is 9.67. The van der Waals surface area contributed by atoms with Crippen LogP contribution in [0.1, 0.15) is 30.3 Å². The van der Waals surface area contributed by atoms with E-state index in [0.717, 1.165) is 10.7 Å². The Kier molecular flexibility index (Phi) is 4.56. The lowest BCUT2D eigenvalue weighted by atomic mass is 9.76. The first-order valence-electron chi connectivity index (χ1n) is 10.3. The maximum Gasteiger partial charge on any atom is 0.234 e. The summed E-state index contributed by atoms with van der Waals surface area (Å²) in [7, 11) is 1.77. The van der Waals surface area contributed by atoms with Crippen LogP contribution in [0.2, 0.25) is 0 Å². The number of benzene rings is 1. The van der Waals surface area contributed by atoms with E-state index in [1.807, 2.05) is 29.7 Å². The van der Waals surface area contributed by atoms with Gasteiger partial charge in [-0.1, -0.05) is 38.1 Å². The molecule has 2 bridgehead atoms. The zero-order valence-electron chi connectivity index (χ0n) is 17.3. The largest absolute Gasteiger partial charge is 0.360 e. The average Bonchev–Trinajstić information content (AvgIpc) is 3.50. The summed E-state index contributed by atoms with van der Waals surface area (Å²) < 4.78 is 6.25. The Balaban J connectivity index is 1.40. The molecule has 3 aliphatic heterocycles. The summed E-state index contributed by atoms with van der Waals surface area (Å²) in [6, 6.07) is 8.12. The first-order chi connectivity index (χ1) is 14.4. The third kappa shape index (κ3) is 2.91. The molecule has 2 aromatic rings. The number of anilines is 1. The fourth-order valence-corrected chi connectivity index (χ4v) is 5.57. The van der Waals surface area contributed by atoms with E-state index >= 15 is 0 Å². The molecule has 6 nitrogen and oxygen atoms in total. The third-order valence-corrected chi connectivity index (χ3v) is 7.25. The molecule has 0 N–H and O–H groups in total. The van der Waals surface area contributed by atoms with Crippen LogP contribution in [0, 0.1) is 11.8 Å². The molecule has 5 rings (SSSR count). The van der Waals surface area contributed by atoms with Crippen molar-refractivity contribution in [2.24, 2.45) is 11.8 Å². The number of hydrogen-bond donors (Lipinski definition) is 0. The Morgan fingerprint density at radius 3 is 2.80 bits per heavy atom. The molecule has 1 aromatic heterocycles. The van der Waals surface area contributed by atoms with Crippen LogP contribution in [0.15, 0.2) is 48.0 Å². The maximum absolute atomic E-state index is 13.5. The number of hydrogen-bond acceptors (Lipinski definition) is 5. The molecule has 3 aliphatic rings. The van der Waals surface area contributed by atoms with Crippen molar-refractivity contribution in [2.45, 2.75) is 38.0 Å². The lowest BCUT2D eigenvalue weighted by molar-refractivity contribution is -0.139. The molecule has 156 valence electrons. The fourth-order valence-electron chi connectivity index (χ4n) is 4.90. The molecule has 1 spiro atoms. The summed E-state index contributed by atoms with van der Waals surface area (Å²) in [6.45, 7) is 5.19. The van der Waals surface area contributed by atoms with E-state index < -0.39 is 17.4 Å². The maximum atomic E-state index is 13.5. The van der Waals surface area contributed by atoms with Crippen molar-refractivity contribution in [2.75, 3.05) is 18.5 Å². The number of thiazole rings is 1. The van der Waals surface area contributed by atoms with Gasteiger partial charge < -0.3 is 14.5 Å². The van der Waals surface area contributed by atoms with Crippen molar-refractivity contribution in [3.63, 3.8) is 0 Å². The summed E-state index contributed by atoms with van der Waals surface area (Å²) in [6.07, 6.45) is 5.35. The van der Waals surface area contributed by atoms with Crippen molar-refractivity contribution in [1.29, 1.82) is 0 Å². The highest BCUT2D eigenvalue weighted by Gasteiger charge is 2.67. The van der Waals surface area contributed by atoms with Crippen LogP contribution in [0.3, 0.4) is 0 Å². The number of nitrogens with zero attached hydrogens (tertiary/aromatic N) is 3. The van der Waals surface area contributed by atoms with E-state index in [-0.39, 0.29) is 17.9 Å². The van der Waals surface area contributed by atoms with Gasteiger partial charge in [-0.05, 0) is 23.6 Å². The predicted molar refractivity (Wildman–Crippen MR) is 115 cm³/mol. The number of ether oxygens (including phenoxy) is 1. The molecule has 4 atom stereocenters. The van der Waals surface area contributed by atoms with Crippen LogP contribution in [0.25, 0.3) is 0 Å². The Morgan fingerprint density at radius 2 is 2.13 bits per heavy atom. The molecule has 30 heavy (non-hydrogen) atoms. The molecule has 0 unspecified atom stereocenters. The van der Waals surface area contributed by atoms with Gasteiger partial charge in [0.1, 0.15) is 10.6 Å². The van der Waals surface area contributed by atoms with Gasteiger partial charge in [0.2, 0.25) is 11.8 Å². The van der Waals surface area contributed by atoms with Crippen LogP contribution >= 0.6 is 11.3 Å². The number of carbonyl (C=O) groups is 2. The highest BCUT2D eigenvalue weighted by Crippen LogP contribution is 2.53. The lowest BCUT2D eigenvalue weighted by Crippen LogP contribution is -2.44. The second kappa shape index (κ2) is 7.03. The topological polar surface area (TPSA) is 62.7 Å². The summed E-state index contributed by atoms with van der Waals surface area (Å²) in [5, 5.41) is 2.78. The van der Waals surface area contributed by atoms with Gasteiger partial charge in [-0.2, -0.15) is 0 Å². The number of carbonyl (C=O) groups excluding carboxylic acids is 2. The SMILES string of the molecule is CC(C)c1ccc(N2C[C@]34C=C[C@H](O3)[C@H](C(=O)N(C)Cc3nccs3)[C@@H]4C2=O)cc1. The van der Waals surface area contributed by atoms with Gasteiger partial charge >= 0.3 is 0 Å². The van der Waals surface area contributed by atoms with Crippen molar-refractivity contribution in [3.8, 4) is 0 Å². The van der Waals surface area contributed by atoms with Crippen LogP contribution in [0.5, 0.6) is 0 Å². The van der Waals surface area contributed by atoms with Crippen molar-refractivity contribution in [1.82, 2.24) is 9.88 Å². The smallest absolute Gasteiger partial charge is 0.234 e. The Hall–Kier alpha value is -2.51. The number of amides is 2. The van der Waals surface area contributed by atoms with Crippen molar-refractivity contribution in [3.05, 3.63) is 58.6 Å². The first kappa shape index (κ1) is 19.5. The quantitative estimate of drug-likeness (QED) is 0.693. The van der Waals surface area contributed by atoms with Crippen LogP contribution in [-0.2, 0) is 20.9 Å². The van der Waals surface area contributed by atoms with Gasteiger partial charge in [0.25, 0.3) is 0 Å². The molecule has 0 aliphatic carbocycles. The van der Waals surface area contributed by atoms with Crippen LogP contribution < -0.4 is 4.90 Å². The van der Waals surface area contributed by atoms with E-state index in [1.165, 1.54) is 16.9 Å². The number of rotatable bonds is 5. The molecule has 2 amide bonds. The van der Waals surface area contributed by atoms with Crippen molar-refractivity contribution >= 4 is 28.8 Å². The molecular formula is C23H25N3O3S. The lowest BCUT2D eigenvalue weighted by Gasteiger charge is -2.27. The Morgan fingerprint density at radius 1 is 1.37 bits per heavy atom. The van der Waals surface area contributed by atoms with Gasteiger partial charge in [-0.25, -0.2) is 4.98 Å². The molecule has 1 aromatic carbocycles. The predicted octanol–water partition coefficient (Wildman–Crippen LogP) is 3.21. The molecule has 0 saturated carbocycles. The standard InChI is InChI=1S/C23H25N3O3S/c1-14(2)15-4-6-16(7-5-15)26-13-23-9-8-17(29-23)19(20(23)22(26)28)21(27)25(3)12-18-24-10-11-30-18/h4-11,14,17,19-20H,12-13H2,1-3H3/t17-,19-,20+,23-/m0/s1. The summed E-state index contributed by atoms with van der Waals surface area (Å²) in [5.41, 5.74) is 1.38. The Labute approximate surface area is 180 Å². The van der Waals surface area contributed by atoms with Gasteiger partial charge in [-0.15, -0.1) is 11.3 Å². The van der Waals surface area contributed by atoms with Gasteiger partial charge in [0.05, 0.1) is 31.0 Å². The van der Waals surface area contributed by atoms with Crippen molar-refractivity contribution < 1.29 is 14.3 Å². The van der Waals surface area contributed by atoms with Gasteiger partial charge in [0, 0.05) is 24.3 Å². The first-order valence-corrected chi connectivity index (χ1v) is 11.2. The van der Waals surface area contributed by atoms with Crippen LogP contribution in [0.4, 0.5) is 5.69 Å². The van der Waals surface area contributed by atoms with E-state index in [1.54, 1.807) is 23.0 Å². The molecule has 7 heteroatoms. The van der Waals surface area contributed by atoms with E-state index in [0.29, 0.717) is 19.0 Å². The number of fused-ring (bicyclic) bond motifs is 1. The summed E-state index contributed by atoms with van der Waals surface area (Å²) in [5.74, 6) is -0.628. The number of aromatic nitrogens is 1. The summed E-state index contributed by atoms with van der Waals surface area (Å²) >= 11 is 1.52. The molecule has 4 heterocycles. The molecule has 2 fully saturated rings. The zero-order chi connectivity index (χ0) is 21.0. The molecule has 0 radical (unpaired) electrons. The highest BCUT2D eigenvalue weighted by atomic mass is 32.1. The van der Waals surface area contributed by atoms with Crippen LogP contribution in [-0.4, -0.2) is 47.0 Å². The van der Waals surface area contributed by atoms with Gasteiger partial charge in [0.15, 0.2) is 0 Å². The second-order valence-electron chi connectivity index (χ2n) is 8.69. The summed E-state index contributed by atoms with van der Waals surface area (Å²) in [4.78, 5) is 34.5. The van der Waals surface area contributed by atoms with E-state index in [4.69, 9.17) is 4.74 Å². The highest BCUT2D eigenvalue weighted by molar-refractivity contribution is 7.09. The fraction of sp³-hybridized carbons (Fsp3) is 0.435. The Bertz CT molecular complexity index is 1000. The zero-order valence-corrected chi connectivity index (χ0v) is 18.1. The molecule has 2 saturated heterocycles. The third-order valence-electron chi connectivity index (χ3n) is 6.49. The minimum Gasteiger partial charge on any atom is -0.360 e. The van der Waals surface area contributed by atoms with E-state index in [9.17, 15) is 9.59 Å². The monoisotopic (exact) mass is 423 g/mol. The minimum atomic E-state index is -0.708. The normalized spacial score (nSPS) is 29.1. The van der Waals surface area contributed by atoms with E-state index in [2.05, 4.69) is 31.0 Å².